The monoisotopic (exact) mass is 177 g/mol. The standard InChI is InChI=1S/C12H19N/c1-10(2)8-12(13)9-11-6-4-3-5-7-11/h3-7,10,12H,8-9,13H2,1-2H3/t12-/m0/s1. The SMILES string of the molecule is CC(C)C[C@H](N)Cc1ccccc1. The van der Waals surface area contributed by atoms with Crippen molar-refractivity contribution in [3.05, 3.63) is 35.9 Å². The largest absolute Gasteiger partial charge is 0.327 e. The highest BCUT2D eigenvalue weighted by molar-refractivity contribution is 5.15. The van der Waals surface area contributed by atoms with Crippen molar-refractivity contribution in [2.75, 3.05) is 0 Å². The Kier molecular flexibility index (Phi) is 3.97. The molecule has 0 saturated heterocycles. The fourth-order valence-electron chi connectivity index (χ4n) is 1.61. The molecule has 0 fully saturated rings. The number of hydrogen-bond donors (Lipinski definition) is 1. The first kappa shape index (κ1) is 10.3. The third-order valence-corrected chi connectivity index (χ3v) is 2.11. The van der Waals surface area contributed by atoms with Gasteiger partial charge >= 0.3 is 0 Å². The van der Waals surface area contributed by atoms with Crippen molar-refractivity contribution in [1.29, 1.82) is 0 Å². The van der Waals surface area contributed by atoms with Crippen molar-refractivity contribution in [2.45, 2.75) is 32.7 Å². The molecule has 0 bridgehead atoms. The molecule has 2 N–H and O–H groups in total. The summed E-state index contributed by atoms with van der Waals surface area (Å²) in [5, 5.41) is 0. The molecule has 1 rings (SSSR count). The third kappa shape index (κ3) is 4.09. The highest BCUT2D eigenvalue weighted by Gasteiger charge is 2.05. The summed E-state index contributed by atoms with van der Waals surface area (Å²) in [5.74, 6) is 0.693. The van der Waals surface area contributed by atoms with E-state index in [9.17, 15) is 0 Å². The van der Waals surface area contributed by atoms with E-state index in [0.29, 0.717) is 12.0 Å². The Balaban J connectivity index is 2.41. The zero-order valence-electron chi connectivity index (χ0n) is 8.53. The predicted molar refractivity (Wildman–Crippen MR) is 57.6 cm³/mol. The fourth-order valence-corrected chi connectivity index (χ4v) is 1.61. The topological polar surface area (TPSA) is 26.0 Å². The number of benzene rings is 1. The smallest absolute Gasteiger partial charge is 0.00817 e. The highest BCUT2D eigenvalue weighted by atomic mass is 14.6. The van der Waals surface area contributed by atoms with Gasteiger partial charge in [0, 0.05) is 6.04 Å². The summed E-state index contributed by atoms with van der Waals surface area (Å²) < 4.78 is 0. The van der Waals surface area contributed by atoms with Crippen LogP contribution in [-0.4, -0.2) is 6.04 Å². The van der Waals surface area contributed by atoms with E-state index in [-0.39, 0.29) is 0 Å². The van der Waals surface area contributed by atoms with Gasteiger partial charge in [0.1, 0.15) is 0 Å². The lowest BCUT2D eigenvalue weighted by atomic mass is 9.98. The molecule has 1 aromatic carbocycles. The third-order valence-electron chi connectivity index (χ3n) is 2.11. The Labute approximate surface area is 81.0 Å². The molecule has 0 spiro atoms. The van der Waals surface area contributed by atoms with Gasteiger partial charge in [0.15, 0.2) is 0 Å². The minimum Gasteiger partial charge on any atom is -0.327 e. The Hall–Kier alpha value is -0.820. The van der Waals surface area contributed by atoms with Crippen LogP contribution in [0.25, 0.3) is 0 Å². The first-order valence-electron chi connectivity index (χ1n) is 4.98. The average molecular weight is 177 g/mol. The summed E-state index contributed by atoms with van der Waals surface area (Å²) in [6, 6.07) is 10.8. The Morgan fingerprint density at radius 1 is 1.15 bits per heavy atom. The van der Waals surface area contributed by atoms with Gasteiger partial charge in [0.2, 0.25) is 0 Å². The van der Waals surface area contributed by atoms with Gasteiger partial charge in [-0.2, -0.15) is 0 Å². The molecular formula is C12H19N. The number of rotatable bonds is 4. The van der Waals surface area contributed by atoms with E-state index in [1.807, 2.05) is 6.07 Å². The summed E-state index contributed by atoms with van der Waals surface area (Å²) >= 11 is 0. The molecule has 0 heterocycles. The lowest BCUT2D eigenvalue weighted by molar-refractivity contribution is 0.493. The van der Waals surface area contributed by atoms with Crippen LogP contribution in [0.4, 0.5) is 0 Å². The minimum absolute atomic E-state index is 0.308. The van der Waals surface area contributed by atoms with E-state index in [1.165, 1.54) is 5.56 Å². The van der Waals surface area contributed by atoms with Crippen molar-refractivity contribution in [2.24, 2.45) is 11.7 Å². The quantitative estimate of drug-likeness (QED) is 0.751. The van der Waals surface area contributed by atoms with E-state index in [4.69, 9.17) is 5.73 Å². The van der Waals surface area contributed by atoms with Gasteiger partial charge in [-0.15, -0.1) is 0 Å². The zero-order chi connectivity index (χ0) is 9.68. The van der Waals surface area contributed by atoms with Gasteiger partial charge in [-0.25, -0.2) is 0 Å². The highest BCUT2D eigenvalue weighted by Crippen LogP contribution is 2.08. The van der Waals surface area contributed by atoms with Crippen LogP contribution in [0, 0.1) is 5.92 Å². The number of nitrogens with two attached hydrogens (primary N) is 1. The molecule has 0 amide bonds. The van der Waals surface area contributed by atoms with Crippen LogP contribution in [-0.2, 0) is 6.42 Å². The van der Waals surface area contributed by atoms with Crippen LogP contribution in [0.1, 0.15) is 25.8 Å². The molecule has 0 saturated carbocycles. The van der Waals surface area contributed by atoms with Gasteiger partial charge in [-0.1, -0.05) is 44.2 Å². The molecule has 1 atom stereocenters. The second kappa shape index (κ2) is 5.03. The Morgan fingerprint density at radius 3 is 2.31 bits per heavy atom. The first-order chi connectivity index (χ1) is 6.18. The van der Waals surface area contributed by atoms with Gasteiger partial charge in [-0.05, 0) is 24.3 Å². The molecule has 0 unspecified atom stereocenters. The van der Waals surface area contributed by atoms with Crippen LogP contribution in [0.15, 0.2) is 30.3 Å². The van der Waals surface area contributed by atoms with Crippen molar-refractivity contribution < 1.29 is 0 Å². The summed E-state index contributed by atoms with van der Waals surface area (Å²) in [6.07, 6.45) is 2.11. The van der Waals surface area contributed by atoms with Crippen LogP contribution in [0.3, 0.4) is 0 Å². The maximum Gasteiger partial charge on any atom is 0.00817 e. The molecule has 0 aliphatic rings. The van der Waals surface area contributed by atoms with Crippen LogP contribution >= 0.6 is 0 Å². The Morgan fingerprint density at radius 2 is 1.77 bits per heavy atom. The van der Waals surface area contributed by atoms with Crippen molar-refractivity contribution >= 4 is 0 Å². The number of hydrogen-bond acceptors (Lipinski definition) is 1. The molecule has 13 heavy (non-hydrogen) atoms. The van der Waals surface area contributed by atoms with Crippen molar-refractivity contribution in [3.8, 4) is 0 Å². The van der Waals surface area contributed by atoms with E-state index in [1.54, 1.807) is 0 Å². The lowest BCUT2D eigenvalue weighted by Crippen LogP contribution is -2.24. The second-order valence-corrected chi connectivity index (χ2v) is 4.08. The van der Waals surface area contributed by atoms with Crippen molar-refractivity contribution in [1.82, 2.24) is 0 Å². The molecule has 1 heteroatoms. The zero-order valence-corrected chi connectivity index (χ0v) is 8.53. The second-order valence-electron chi connectivity index (χ2n) is 4.08. The first-order valence-corrected chi connectivity index (χ1v) is 4.98. The summed E-state index contributed by atoms with van der Waals surface area (Å²) in [4.78, 5) is 0. The van der Waals surface area contributed by atoms with Crippen LogP contribution in [0.5, 0.6) is 0 Å². The maximum absolute atomic E-state index is 6.01. The lowest BCUT2D eigenvalue weighted by Gasteiger charge is -2.13. The molecule has 0 aromatic heterocycles. The predicted octanol–water partition coefficient (Wildman–Crippen LogP) is 2.60. The fraction of sp³-hybridized carbons (Fsp3) is 0.500. The Bertz CT molecular complexity index is 228. The van der Waals surface area contributed by atoms with Gasteiger partial charge in [-0.3, -0.25) is 0 Å². The van der Waals surface area contributed by atoms with Gasteiger partial charge < -0.3 is 5.73 Å². The molecule has 0 aliphatic carbocycles. The average Bonchev–Trinajstić information content (AvgIpc) is 2.04. The summed E-state index contributed by atoms with van der Waals surface area (Å²) in [6.45, 7) is 4.43. The summed E-state index contributed by atoms with van der Waals surface area (Å²) in [5.41, 5.74) is 7.35. The molecular weight excluding hydrogens is 158 g/mol. The van der Waals surface area contributed by atoms with E-state index >= 15 is 0 Å². The van der Waals surface area contributed by atoms with E-state index < -0.39 is 0 Å². The minimum atomic E-state index is 0.308. The summed E-state index contributed by atoms with van der Waals surface area (Å²) in [7, 11) is 0. The molecule has 72 valence electrons. The normalized spacial score (nSPS) is 13.2. The van der Waals surface area contributed by atoms with E-state index in [0.717, 1.165) is 12.8 Å². The molecule has 0 aliphatic heterocycles. The van der Waals surface area contributed by atoms with Crippen LogP contribution in [0.2, 0.25) is 0 Å². The molecule has 1 aromatic rings. The van der Waals surface area contributed by atoms with Crippen LogP contribution < -0.4 is 5.73 Å². The molecule has 0 radical (unpaired) electrons. The van der Waals surface area contributed by atoms with E-state index in [2.05, 4.69) is 38.1 Å². The maximum atomic E-state index is 6.01. The molecule has 1 nitrogen and oxygen atoms in total. The van der Waals surface area contributed by atoms with Crippen molar-refractivity contribution in [3.63, 3.8) is 0 Å². The van der Waals surface area contributed by atoms with Gasteiger partial charge in [0.25, 0.3) is 0 Å². The van der Waals surface area contributed by atoms with Gasteiger partial charge in [0.05, 0.1) is 0 Å².